The Morgan fingerprint density at radius 2 is 2.00 bits per heavy atom. The molecular weight excluding hydrogens is 300 g/mol. The van der Waals surface area contributed by atoms with Gasteiger partial charge in [-0.15, -0.1) is 11.3 Å². The van der Waals surface area contributed by atoms with Crippen LogP contribution in [0.4, 0.5) is 10.5 Å². The molecule has 106 valence electrons. The Morgan fingerprint density at radius 3 is 2.60 bits per heavy atom. The summed E-state index contributed by atoms with van der Waals surface area (Å²) in [6, 6.07) is 10.5. The van der Waals surface area contributed by atoms with Crippen LogP contribution in [0.25, 0.3) is 0 Å². The fourth-order valence-corrected chi connectivity index (χ4v) is 2.95. The molecule has 0 radical (unpaired) electrons. The van der Waals surface area contributed by atoms with Gasteiger partial charge in [-0.05, 0) is 11.6 Å². The van der Waals surface area contributed by atoms with Crippen molar-refractivity contribution in [3.63, 3.8) is 0 Å². The van der Waals surface area contributed by atoms with Crippen LogP contribution in [-0.4, -0.2) is 14.5 Å². The zero-order valence-electron chi connectivity index (χ0n) is 10.3. The van der Waals surface area contributed by atoms with E-state index in [2.05, 4.69) is 5.32 Å². The van der Waals surface area contributed by atoms with E-state index in [-0.39, 0.29) is 10.8 Å². The van der Waals surface area contributed by atoms with Crippen LogP contribution in [0, 0.1) is 0 Å². The quantitative estimate of drug-likeness (QED) is 0.903. The number of anilines is 1. The number of primary sulfonamides is 1. The Morgan fingerprint density at radius 1 is 1.30 bits per heavy atom. The summed E-state index contributed by atoms with van der Waals surface area (Å²) in [7, 11) is -3.75. The van der Waals surface area contributed by atoms with E-state index in [0.29, 0.717) is 5.69 Å². The van der Waals surface area contributed by atoms with E-state index in [4.69, 9.17) is 9.88 Å². The zero-order valence-corrected chi connectivity index (χ0v) is 11.9. The Balaban J connectivity index is 1.90. The van der Waals surface area contributed by atoms with Crippen molar-refractivity contribution < 1.29 is 17.9 Å². The van der Waals surface area contributed by atoms with Crippen molar-refractivity contribution >= 4 is 33.1 Å². The first kappa shape index (κ1) is 14.5. The number of hydrogen-bond acceptors (Lipinski definition) is 5. The third kappa shape index (κ3) is 4.05. The third-order valence-corrected chi connectivity index (χ3v) is 4.70. The van der Waals surface area contributed by atoms with Gasteiger partial charge in [0, 0.05) is 5.38 Å². The number of benzene rings is 1. The Labute approximate surface area is 120 Å². The molecule has 1 aromatic carbocycles. The maximum Gasteiger partial charge on any atom is 0.411 e. The van der Waals surface area contributed by atoms with Crippen molar-refractivity contribution in [2.75, 3.05) is 5.32 Å². The van der Waals surface area contributed by atoms with Crippen LogP contribution in [0.2, 0.25) is 0 Å². The molecule has 1 heterocycles. The number of nitrogens with one attached hydrogen (secondary N) is 1. The van der Waals surface area contributed by atoms with Gasteiger partial charge in [-0.25, -0.2) is 18.4 Å². The SMILES string of the molecule is NS(=O)(=O)c1cc(NC(=O)OCc2ccccc2)cs1. The summed E-state index contributed by atoms with van der Waals surface area (Å²) in [6.07, 6.45) is -0.660. The minimum atomic E-state index is -3.75. The summed E-state index contributed by atoms with van der Waals surface area (Å²) in [5, 5.41) is 8.88. The molecule has 8 heteroatoms. The van der Waals surface area contributed by atoms with Crippen molar-refractivity contribution in [2.24, 2.45) is 5.14 Å². The number of amides is 1. The lowest BCUT2D eigenvalue weighted by atomic mass is 10.2. The lowest BCUT2D eigenvalue weighted by molar-refractivity contribution is 0.155. The molecule has 2 aromatic rings. The first-order valence-electron chi connectivity index (χ1n) is 5.54. The van der Waals surface area contributed by atoms with Crippen molar-refractivity contribution in [1.29, 1.82) is 0 Å². The van der Waals surface area contributed by atoms with Crippen LogP contribution in [0.15, 0.2) is 46.0 Å². The van der Waals surface area contributed by atoms with E-state index in [1.807, 2.05) is 30.3 Å². The molecule has 0 saturated carbocycles. The average molecular weight is 312 g/mol. The summed E-state index contributed by atoms with van der Waals surface area (Å²) >= 11 is 0.930. The van der Waals surface area contributed by atoms with Gasteiger partial charge in [0.2, 0.25) is 10.0 Å². The van der Waals surface area contributed by atoms with Gasteiger partial charge in [-0.1, -0.05) is 30.3 Å². The molecule has 0 aliphatic carbocycles. The van der Waals surface area contributed by atoms with Crippen LogP contribution in [0.5, 0.6) is 0 Å². The van der Waals surface area contributed by atoms with Gasteiger partial charge < -0.3 is 4.74 Å². The molecule has 1 aromatic heterocycles. The Bertz CT molecular complexity index is 695. The lowest BCUT2D eigenvalue weighted by Crippen LogP contribution is -2.13. The average Bonchev–Trinajstić information content (AvgIpc) is 2.86. The maximum absolute atomic E-state index is 11.5. The van der Waals surface area contributed by atoms with Crippen molar-refractivity contribution in [2.45, 2.75) is 10.8 Å². The molecule has 0 bridgehead atoms. The van der Waals surface area contributed by atoms with Gasteiger partial charge in [-0.3, -0.25) is 5.32 Å². The summed E-state index contributed by atoms with van der Waals surface area (Å²) in [5.41, 5.74) is 1.19. The highest BCUT2D eigenvalue weighted by atomic mass is 32.2. The first-order valence-corrected chi connectivity index (χ1v) is 7.97. The van der Waals surface area contributed by atoms with Gasteiger partial charge >= 0.3 is 6.09 Å². The molecule has 0 unspecified atom stereocenters. The van der Waals surface area contributed by atoms with Crippen LogP contribution < -0.4 is 10.5 Å². The fourth-order valence-electron chi connectivity index (χ4n) is 1.41. The van der Waals surface area contributed by atoms with Crippen LogP contribution in [0.3, 0.4) is 0 Å². The molecule has 1 amide bonds. The number of hydrogen-bond donors (Lipinski definition) is 2. The second-order valence-electron chi connectivity index (χ2n) is 3.89. The smallest absolute Gasteiger partial charge is 0.411 e. The molecule has 0 aliphatic rings. The van der Waals surface area contributed by atoms with E-state index in [1.54, 1.807) is 0 Å². The molecule has 20 heavy (non-hydrogen) atoms. The van der Waals surface area contributed by atoms with Crippen molar-refractivity contribution in [1.82, 2.24) is 0 Å². The highest BCUT2D eigenvalue weighted by Gasteiger charge is 2.12. The van der Waals surface area contributed by atoms with Gasteiger partial charge in [0.1, 0.15) is 10.8 Å². The number of thiophene rings is 1. The fraction of sp³-hybridized carbons (Fsp3) is 0.0833. The van der Waals surface area contributed by atoms with E-state index in [0.717, 1.165) is 16.9 Å². The topological polar surface area (TPSA) is 98.5 Å². The van der Waals surface area contributed by atoms with Gasteiger partial charge in [-0.2, -0.15) is 0 Å². The largest absolute Gasteiger partial charge is 0.444 e. The lowest BCUT2D eigenvalue weighted by Gasteiger charge is -2.05. The van der Waals surface area contributed by atoms with Crippen LogP contribution in [-0.2, 0) is 21.4 Å². The number of rotatable bonds is 4. The highest BCUT2D eigenvalue weighted by molar-refractivity contribution is 7.91. The molecule has 2 rings (SSSR count). The predicted molar refractivity (Wildman–Crippen MR) is 75.9 cm³/mol. The minimum absolute atomic E-state index is 0.0177. The monoisotopic (exact) mass is 312 g/mol. The van der Waals surface area contributed by atoms with Crippen LogP contribution >= 0.6 is 11.3 Å². The van der Waals surface area contributed by atoms with Gasteiger partial charge in [0.25, 0.3) is 0 Å². The summed E-state index contributed by atoms with van der Waals surface area (Å²) in [5.74, 6) is 0. The molecule has 0 spiro atoms. The van der Waals surface area contributed by atoms with E-state index >= 15 is 0 Å². The molecule has 0 aliphatic heterocycles. The molecule has 0 atom stereocenters. The number of nitrogens with two attached hydrogens (primary N) is 1. The predicted octanol–water partition coefficient (Wildman–Crippen LogP) is 2.14. The van der Waals surface area contributed by atoms with Gasteiger partial charge in [0.15, 0.2) is 0 Å². The highest BCUT2D eigenvalue weighted by Crippen LogP contribution is 2.22. The summed E-state index contributed by atoms with van der Waals surface area (Å²) in [6.45, 7) is 0.138. The van der Waals surface area contributed by atoms with E-state index in [1.165, 1.54) is 11.4 Å². The minimum Gasteiger partial charge on any atom is -0.444 e. The van der Waals surface area contributed by atoms with Crippen LogP contribution in [0.1, 0.15) is 5.56 Å². The number of carbonyl (C=O) groups excluding carboxylic acids is 1. The van der Waals surface area contributed by atoms with E-state index < -0.39 is 16.1 Å². The second kappa shape index (κ2) is 6.04. The Hall–Kier alpha value is -1.90. The Kier molecular flexibility index (Phi) is 4.38. The second-order valence-corrected chi connectivity index (χ2v) is 6.59. The van der Waals surface area contributed by atoms with Crippen molar-refractivity contribution in [3.8, 4) is 0 Å². The number of ether oxygens (including phenoxy) is 1. The first-order chi connectivity index (χ1) is 9.45. The normalized spacial score (nSPS) is 11.1. The van der Waals surface area contributed by atoms with Gasteiger partial charge in [0.05, 0.1) is 5.69 Å². The molecular formula is C12H12N2O4S2. The molecule has 3 N–H and O–H groups in total. The standard InChI is InChI=1S/C12H12N2O4S2/c13-20(16,17)11-6-10(8-19-11)14-12(15)18-7-9-4-2-1-3-5-9/h1-6,8H,7H2,(H,14,15)(H2,13,16,17). The molecule has 6 nitrogen and oxygen atoms in total. The van der Waals surface area contributed by atoms with E-state index in [9.17, 15) is 13.2 Å². The summed E-state index contributed by atoms with van der Waals surface area (Å²) < 4.78 is 27.2. The molecule has 0 saturated heterocycles. The third-order valence-electron chi connectivity index (χ3n) is 2.31. The van der Waals surface area contributed by atoms with Crippen molar-refractivity contribution in [3.05, 3.63) is 47.3 Å². The number of carbonyl (C=O) groups is 1. The number of sulfonamides is 1. The summed E-state index contributed by atoms with van der Waals surface area (Å²) in [4.78, 5) is 11.5. The zero-order chi connectivity index (χ0) is 14.6. The maximum atomic E-state index is 11.5. The molecule has 0 fully saturated rings.